The summed E-state index contributed by atoms with van der Waals surface area (Å²) in [5.74, 6) is 0.901. The van der Waals surface area contributed by atoms with Gasteiger partial charge in [0.15, 0.2) is 0 Å². The Kier molecular flexibility index (Phi) is 11.2. The van der Waals surface area contributed by atoms with E-state index in [0.29, 0.717) is 36.7 Å². The fourth-order valence-corrected chi connectivity index (χ4v) is 4.22. The van der Waals surface area contributed by atoms with Crippen LogP contribution in [0.2, 0.25) is 0 Å². The molecule has 1 saturated heterocycles. The van der Waals surface area contributed by atoms with Crippen molar-refractivity contribution in [3.63, 3.8) is 0 Å². The smallest absolute Gasteiger partial charge is 0.303 e. The van der Waals surface area contributed by atoms with Crippen LogP contribution in [0.25, 0.3) is 0 Å². The van der Waals surface area contributed by atoms with Crippen molar-refractivity contribution in [2.24, 2.45) is 0 Å². The SMILES string of the molecule is CC(C)N(C(=O)c1ccc(OCCCCCOc2ccc(C3NN3)cc2)cc1OCCCC(=O)O)C(C)C. The molecule has 0 saturated carbocycles. The molecule has 1 heterocycles. The molecule has 0 aromatic heterocycles. The number of hydrazine groups is 1. The monoisotopic (exact) mass is 527 g/mol. The van der Waals surface area contributed by atoms with Gasteiger partial charge in [-0.15, -0.1) is 0 Å². The molecule has 0 radical (unpaired) electrons. The normalized spacial score (nSPS) is 13.0. The van der Waals surface area contributed by atoms with Gasteiger partial charge in [0, 0.05) is 24.6 Å². The van der Waals surface area contributed by atoms with Gasteiger partial charge in [0.2, 0.25) is 0 Å². The van der Waals surface area contributed by atoms with E-state index in [2.05, 4.69) is 10.9 Å². The topological polar surface area (TPSA) is 129 Å². The lowest BCUT2D eigenvalue weighted by molar-refractivity contribution is -0.137. The third-order valence-electron chi connectivity index (χ3n) is 6.15. The summed E-state index contributed by atoms with van der Waals surface area (Å²) < 4.78 is 17.6. The van der Waals surface area contributed by atoms with Crippen molar-refractivity contribution in [3.8, 4) is 17.2 Å². The number of carbonyl (C=O) groups is 2. The first-order chi connectivity index (χ1) is 18.3. The first-order valence-corrected chi connectivity index (χ1v) is 13.4. The molecule has 38 heavy (non-hydrogen) atoms. The summed E-state index contributed by atoms with van der Waals surface area (Å²) in [4.78, 5) is 26.0. The predicted octanol–water partition coefficient (Wildman–Crippen LogP) is 4.92. The van der Waals surface area contributed by atoms with E-state index >= 15 is 0 Å². The van der Waals surface area contributed by atoms with Gasteiger partial charge >= 0.3 is 5.97 Å². The minimum absolute atomic E-state index is 0.00797. The summed E-state index contributed by atoms with van der Waals surface area (Å²) >= 11 is 0. The maximum absolute atomic E-state index is 13.3. The number of carboxylic acid groups (broad SMARTS) is 1. The predicted molar refractivity (Wildman–Crippen MR) is 146 cm³/mol. The van der Waals surface area contributed by atoms with Gasteiger partial charge in [-0.05, 0) is 83.2 Å². The number of hydrogen-bond acceptors (Lipinski definition) is 7. The average Bonchev–Trinajstić information content (AvgIpc) is 3.71. The lowest BCUT2D eigenvalue weighted by atomic mass is 10.1. The minimum atomic E-state index is -0.875. The van der Waals surface area contributed by atoms with Crippen LogP contribution in [0.3, 0.4) is 0 Å². The van der Waals surface area contributed by atoms with Crippen LogP contribution in [0, 0.1) is 0 Å². The van der Waals surface area contributed by atoms with Crippen LogP contribution in [0.15, 0.2) is 42.5 Å². The van der Waals surface area contributed by atoms with Crippen molar-refractivity contribution >= 4 is 11.9 Å². The Bertz CT molecular complexity index is 1030. The summed E-state index contributed by atoms with van der Waals surface area (Å²) in [6.07, 6.45) is 3.37. The Labute approximate surface area is 225 Å². The van der Waals surface area contributed by atoms with Gasteiger partial charge in [0.1, 0.15) is 23.4 Å². The summed E-state index contributed by atoms with van der Waals surface area (Å²) in [6, 6.07) is 13.4. The Morgan fingerprint density at radius 2 is 1.39 bits per heavy atom. The molecular formula is C29H41N3O6. The van der Waals surface area contributed by atoms with E-state index < -0.39 is 5.97 Å². The zero-order chi connectivity index (χ0) is 27.5. The van der Waals surface area contributed by atoms with E-state index in [-0.39, 0.29) is 37.2 Å². The highest BCUT2D eigenvalue weighted by Crippen LogP contribution is 2.28. The second-order valence-corrected chi connectivity index (χ2v) is 9.95. The molecule has 3 N–H and O–H groups in total. The zero-order valence-corrected chi connectivity index (χ0v) is 22.9. The van der Waals surface area contributed by atoms with E-state index in [0.717, 1.165) is 25.0 Å². The number of carboxylic acids is 1. The Hall–Kier alpha value is -3.30. The van der Waals surface area contributed by atoms with E-state index in [9.17, 15) is 9.59 Å². The van der Waals surface area contributed by atoms with Gasteiger partial charge in [0.05, 0.1) is 25.4 Å². The Morgan fingerprint density at radius 1 is 0.816 bits per heavy atom. The molecule has 1 aliphatic rings. The molecule has 1 amide bonds. The van der Waals surface area contributed by atoms with Crippen molar-refractivity contribution in [2.75, 3.05) is 19.8 Å². The first-order valence-electron chi connectivity index (χ1n) is 13.4. The molecule has 208 valence electrons. The number of nitrogens with zero attached hydrogens (tertiary/aromatic N) is 1. The highest BCUT2D eigenvalue weighted by atomic mass is 16.5. The fourth-order valence-electron chi connectivity index (χ4n) is 4.22. The molecule has 9 nitrogen and oxygen atoms in total. The standard InChI is InChI=1S/C29H41N3O6/c1-20(2)32(21(3)4)29(35)25-15-14-24(19-26(25)38-18-8-9-27(33)34)37-17-7-5-6-16-36-23-12-10-22(11-13-23)28-30-31-28/h10-15,19-21,28,30-31H,5-9,16-18H2,1-4H3,(H,33,34). The minimum Gasteiger partial charge on any atom is -0.494 e. The van der Waals surface area contributed by atoms with Gasteiger partial charge in [-0.1, -0.05) is 12.1 Å². The molecule has 9 heteroatoms. The quantitative estimate of drug-likeness (QED) is 0.195. The highest BCUT2D eigenvalue weighted by molar-refractivity contribution is 5.97. The van der Waals surface area contributed by atoms with Gasteiger partial charge in [0.25, 0.3) is 5.91 Å². The lowest BCUT2D eigenvalue weighted by Crippen LogP contribution is -2.42. The van der Waals surface area contributed by atoms with Crippen LogP contribution in [0.1, 0.15) is 81.9 Å². The summed E-state index contributed by atoms with van der Waals surface area (Å²) in [6.45, 7) is 9.30. The second kappa shape index (κ2) is 14.6. The average molecular weight is 528 g/mol. The van der Waals surface area contributed by atoms with Crippen LogP contribution >= 0.6 is 0 Å². The van der Waals surface area contributed by atoms with Crippen molar-refractivity contribution < 1.29 is 28.9 Å². The molecule has 2 aromatic carbocycles. The van der Waals surface area contributed by atoms with E-state index in [4.69, 9.17) is 19.3 Å². The Balaban J connectivity index is 1.48. The third-order valence-corrected chi connectivity index (χ3v) is 6.15. The summed E-state index contributed by atoms with van der Waals surface area (Å²) in [5, 5.41) is 8.91. The summed E-state index contributed by atoms with van der Waals surface area (Å²) in [5.41, 5.74) is 7.73. The highest BCUT2D eigenvalue weighted by Gasteiger charge is 2.25. The molecular weight excluding hydrogens is 486 g/mol. The Morgan fingerprint density at radius 3 is 1.97 bits per heavy atom. The molecule has 2 aromatic rings. The second-order valence-electron chi connectivity index (χ2n) is 9.95. The van der Waals surface area contributed by atoms with Crippen LogP contribution in [0.5, 0.6) is 17.2 Å². The number of benzene rings is 2. The number of rotatable bonds is 17. The maximum Gasteiger partial charge on any atom is 0.303 e. The third kappa shape index (κ3) is 9.22. The number of carbonyl (C=O) groups excluding carboxylic acids is 1. The van der Waals surface area contributed by atoms with E-state index in [1.165, 1.54) is 5.56 Å². The lowest BCUT2D eigenvalue weighted by Gasteiger charge is -2.31. The number of aliphatic carboxylic acids is 1. The van der Waals surface area contributed by atoms with Crippen LogP contribution in [-0.2, 0) is 4.79 Å². The van der Waals surface area contributed by atoms with Gasteiger partial charge in [-0.25, -0.2) is 10.9 Å². The zero-order valence-electron chi connectivity index (χ0n) is 22.9. The van der Waals surface area contributed by atoms with Crippen LogP contribution in [0.4, 0.5) is 0 Å². The van der Waals surface area contributed by atoms with Crippen molar-refractivity contribution in [1.82, 2.24) is 15.8 Å². The maximum atomic E-state index is 13.3. The molecule has 0 unspecified atom stereocenters. The van der Waals surface area contributed by atoms with Gasteiger partial charge in [-0.2, -0.15) is 0 Å². The van der Waals surface area contributed by atoms with Crippen molar-refractivity contribution in [1.29, 1.82) is 0 Å². The van der Waals surface area contributed by atoms with Crippen LogP contribution < -0.4 is 25.1 Å². The molecule has 0 bridgehead atoms. The van der Waals surface area contributed by atoms with Crippen LogP contribution in [-0.4, -0.2) is 53.8 Å². The number of nitrogens with one attached hydrogen (secondary N) is 2. The largest absolute Gasteiger partial charge is 0.494 e. The van der Waals surface area contributed by atoms with Crippen molar-refractivity contribution in [2.45, 2.75) is 78.0 Å². The van der Waals surface area contributed by atoms with E-state index in [1.807, 2.05) is 52.0 Å². The molecule has 0 aliphatic carbocycles. The first kappa shape index (κ1) is 29.3. The van der Waals surface area contributed by atoms with E-state index in [1.54, 1.807) is 23.1 Å². The fraction of sp³-hybridized carbons (Fsp3) is 0.517. The number of amides is 1. The van der Waals surface area contributed by atoms with Gasteiger partial charge in [-0.3, -0.25) is 9.59 Å². The number of ether oxygens (including phenoxy) is 3. The molecule has 0 atom stereocenters. The molecule has 0 spiro atoms. The number of hydrogen-bond donors (Lipinski definition) is 3. The van der Waals surface area contributed by atoms with Gasteiger partial charge < -0.3 is 24.2 Å². The number of unbranched alkanes of at least 4 members (excludes halogenated alkanes) is 2. The van der Waals surface area contributed by atoms with Crippen molar-refractivity contribution in [3.05, 3.63) is 53.6 Å². The summed E-state index contributed by atoms with van der Waals surface area (Å²) in [7, 11) is 0. The molecule has 3 rings (SSSR count). The molecule has 1 fully saturated rings. The molecule has 1 aliphatic heterocycles.